The molecule has 0 amide bonds. The number of hydrogen-bond acceptors (Lipinski definition) is 3. The Bertz CT molecular complexity index is 325. The van der Waals surface area contributed by atoms with Gasteiger partial charge in [-0.1, -0.05) is 0 Å². The Morgan fingerprint density at radius 3 is 1.90 bits per heavy atom. The molecule has 0 radical (unpaired) electrons. The van der Waals surface area contributed by atoms with Gasteiger partial charge in [0.25, 0.3) is 0 Å². The summed E-state index contributed by atoms with van der Waals surface area (Å²) in [6, 6.07) is 0. The molecule has 0 aliphatic heterocycles. The van der Waals surface area contributed by atoms with Crippen molar-refractivity contribution in [3.05, 3.63) is 0 Å². The van der Waals surface area contributed by atoms with Crippen molar-refractivity contribution in [3.8, 4) is 0 Å². The molecule has 0 aromatic carbocycles. The molecule has 1 N–H and O–H groups in total. The van der Waals surface area contributed by atoms with E-state index in [1.54, 1.807) is 0 Å². The van der Waals surface area contributed by atoms with E-state index < -0.39 is 11.9 Å². The van der Waals surface area contributed by atoms with E-state index in [4.69, 9.17) is 4.74 Å². The van der Waals surface area contributed by atoms with Gasteiger partial charge < -0.3 is 9.84 Å². The second-order valence-corrected chi connectivity index (χ2v) is 6.40. The number of carbonyl (C=O) groups excluding carboxylic acids is 1. The summed E-state index contributed by atoms with van der Waals surface area (Å²) in [6.07, 6.45) is 6.63. The Morgan fingerprint density at radius 2 is 1.45 bits per heavy atom. The Morgan fingerprint density at radius 1 is 1.00 bits per heavy atom. The normalized spacial score (nSPS) is 35.6. The SMILES string of the molecule is CC(F)(F)C(=O)OC1CCC(C2CCC(O)CC2)CC1. The number of rotatable bonds is 3. The predicted octanol–water partition coefficient (Wildman–Crippen LogP) is 3.29. The lowest BCUT2D eigenvalue weighted by Crippen LogP contribution is -2.34. The predicted molar refractivity (Wildman–Crippen MR) is 70.4 cm³/mol. The van der Waals surface area contributed by atoms with Crippen LogP contribution in [0.25, 0.3) is 0 Å². The molecule has 116 valence electrons. The van der Waals surface area contributed by atoms with Crippen molar-refractivity contribution in [2.24, 2.45) is 11.8 Å². The summed E-state index contributed by atoms with van der Waals surface area (Å²) < 4.78 is 30.4. The van der Waals surface area contributed by atoms with E-state index in [0.717, 1.165) is 38.5 Å². The van der Waals surface area contributed by atoms with Crippen molar-refractivity contribution in [3.63, 3.8) is 0 Å². The van der Waals surface area contributed by atoms with Gasteiger partial charge in [0.15, 0.2) is 0 Å². The van der Waals surface area contributed by atoms with Crippen molar-refractivity contribution in [1.29, 1.82) is 0 Å². The number of alkyl halides is 2. The van der Waals surface area contributed by atoms with Crippen LogP contribution in [0.4, 0.5) is 8.78 Å². The van der Waals surface area contributed by atoms with E-state index in [0.29, 0.717) is 31.6 Å². The topological polar surface area (TPSA) is 46.5 Å². The van der Waals surface area contributed by atoms with Crippen molar-refractivity contribution in [2.75, 3.05) is 0 Å². The Hall–Kier alpha value is -0.710. The van der Waals surface area contributed by atoms with Gasteiger partial charge in [0.05, 0.1) is 6.10 Å². The van der Waals surface area contributed by atoms with Crippen LogP contribution >= 0.6 is 0 Å². The van der Waals surface area contributed by atoms with Crippen LogP contribution in [-0.4, -0.2) is 29.2 Å². The lowest BCUT2D eigenvalue weighted by molar-refractivity contribution is -0.177. The van der Waals surface area contributed by atoms with E-state index in [-0.39, 0.29) is 12.2 Å². The smallest absolute Gasteiger partial charge is 0.376 e. The molecule has 0 aromatic rings. The number of aliphatic hydroxyl groups excluding tert-OH is 1. The number of carbonyl (C=O) groups is 1. The molecule has 0 bridgehead atoms. The van der Waals surface area contributed by atoms with Gasteiger partial charge in [0, 0.05) is 6.92 Å². The summed E-state index contributed by atoms with van der Waals surface area (Å²) in [5, 5.41) is 9.51. The molecule has 0 spiro atoms. The first kappa shape index (κ1) is 15.7. The highest BCUT2D eigenvalue weighted by atomic mass is 19.3. The maximum Gasteiger partial charge on any atom is 0.376 e. The van der Waals surface area contributed by atoms with E-state index in [9.17, 15) is 18.7 Å². The minimum Gasteiger partial charge on any atom is -0.458 e. The molecule has 0 saturated heterocycles. The van der Waals surface area contributed by atoms with Crippen molar-refractivity contribution >= 4 is 5.97 Å². The molecule has 5 heteroatoms. The summed E-state index contributed by atoms with van der Waals surface area (Å²) in [5.41, 5.74) is 0. The second kappa shape index (κ2) is 6.37. The first-order valence-corrected chi connectivity index (χ1v) is 7.63. The zero-order valence-corrected chi connectivity index (χ0v) is 12.0. The van der Waals surface area contributed by atoms with Crippen molar-refractivity contribution in [1.82, 2.24) is 0 Å². The second-order valence-electron chi connectivity index (χ2n) is 6.40. The monoisotopic (exact) mass is 290 g/mol. The number of aliphatic hydroxyl groups is 1. The lowest BCUT2D eigenvalue weighted by Gasteiger charge is -2.36. The highest BCUT2D eigenvalue weighted by molar-refractivity contribution is 5.77. The van der Waals surface area contributed by atoms with Crippen LogP contribution in [-0.2, 0) is 9.53 Å². The standard InChI is InChI=1S/C15H24F2O3/c1-15(16,17)14(19)20-13-8-4-11(5-9-13)10-2-6-12(18)7-3-10/h10-13,18H,2-9H2,1H3. The average molecular weight is 290 g/mol. The Labute approximate surface area is 118 Å². The van der Waals surface area contributed by atoms with Crippen LogP contribution in [0.3, 0.4) is 0 Å². The third kappa shape index (κ3) is 4.14. The molecule has 0 heterocycles. The number of esters is 1. The fourth-order valence-corrected chi connectivity index (χ4v) is 3.51. The van der Waals surface area contributed by atoms with E-state index in [1.165, 1.54) is 0 Å². The zero-order valence-electron chi connectivity index (χ0n) is 12.0. The Balaban J connectivity index is 1.74. The molecule has 2 aliphatic carbocycles. The summed E-state index contributed by atoms with van der Waals surface area (Å²) in [7, 11) is 0. The van der Waals surface area contributed by atoms with Crippen LogP contribution in [0.1, 0.15) is 58.3 Å². The van der Waals surface area contributed by atoms with Gasteiger partial charge in [-0.05, 0) is 63.2 Å². The molecule has 3 nitrogen and oxygen atoms in total. The molecule has 2 aliphatic rings. The first-order chi connectivity index (χ1) is 9.36. The van der Waals surface area contributed by atoms with Crippen molar-refractivity contribution < 1.29 is 23.4 Å². The highest BCUT2D eigenvalue weighted by Crippen LogP contribution is 2.39. The molecular weight excluding hydrogens is 266 g/mol. The summed E-state index contributed by atoms with van der Waals surface area (Å²) in [5.74, 6) is -3.56. The summed E-state index contributed by atoms with van der Waals surface area (Å²) in [4.78, 5) is 11.2. The van der Waals surface area contributed by atoms with Crippen LogP contribution in [0.15, 0.2) is 0 Å². The minimum absolute atomic E-state index is 0.143. The van der Waals surface area contributed by atoms with E-state index in [1.807, 2.05) is 0 Å². The lowest BCUT2D eigenvalue weighted by atomic mass is 9.72. The van der Waals surface area contributed by atoms with Crippen LogP contribution in [0, 0.1) is 11.8 Å². The third-order valence-corrected chi connectivity index (χ3v) is 4.76. The Kier molecular flexibility index (Phi) is 4.99. The van der Waals surface area contributed by atoms with Gasteiger partial charge >= 0.3 is 11.9 Å². The van der Waals surface area contributed by atoms with Gasteiger partial charge in [-0.2, -0.15) is 8.78 Å². The maximum atomic E-state index is 12.8. The summed E-state index contributed by atoms with van der Waals surface area (Å²) >= 11 is 0. The van der Waals surface area contributed by atoms with Crippen molar-refractivity contribution in [2.45, 2.75) is 76.4 Å². The molecule has 0 aromatic heterocycles. The van der Waals surface area contributed by atoms with Crippen LogP contribution < -0.4 is 0 Å². The van der Waals surface area contributed by atoms with Gasteiger partial charge in [0.2, 0.25) is 0 Å². The van der Waals surface area contributed by atoms with Gasteiger partial charge in [0.1, 0.15) is 6.10 Å². The fourth-order valence-electron chi connectivity index (χ4n) is 3.51. The highest BCUT2D eigenvalue weighted by Gasteiger charge is 2.38. The molecule has 20 heavy (non-hydrogen) atoms. The fraction of sp³-hybridized carbons (Fsp3) is 0.933. The molecule has 0 unspecified atom stereocenters. The number of halogens is 2. The van der Waals surface area contributed by atoms with Gasteiger partial charge in [-0.15, -0.1) is 0 Å². The van der Waals surface area contributed by atoms with Crippen LogP contribution in [0.2, 0.25) is 0 Å². The quantitative estimate of drug-likeness (QED) is 0.811. The number of ether oxygens (including phenoxy) is 1. The van der Waals surface area contributed by atoms with Gasteiger partial charge in [-0.25, -0.2) is 4.79 Å². The molecule has 2 rings (SSSR count). The van der Waals surface area contributed by atoms with E-state index >= 15 is 0 Å². The summed E-state index contributed by atoms with van der Waals surface area (Å²) in [6.45, 7) is 0.578. The van der Waals surface area contributed by atoms with E-state index in [2.05, 4.69) is 0 Å². The zero-order chi connectivity index (χ0) is 14.8. The molecule has 2 saturated carbocycles. The molecular formula is C15H24F2O3. The minimum atomic E-state index is -3.39. The maximum absolute atomic E-state index is 12.8. The average Bonchev–Trinajstić information content (AvgIpc) is 2.39. The molecule has 0 atom stereocenters. The van der Waals surface area contributed by atoms with Gasteiger partial charge in [-0.3, -0.25) is 0 Å². The van der Waals surface area contributed by atoms with Crippen LogP contribution in [0.5, 0.6) is 0 Å². The number of hydrogen-bond donors (Lipinski definition) is 1. The third-order valence-electron chi connectivity index (χ3n) is 4.76. The largest absolute Gasteiger partial charge is 0.458 e. The molecule has 2 fully saturated rings. The first-order valence-electron chi connectivity index (χ1n) is 7.63.